The molecule has 3 aromatic rings. The zero-order valence-electron chi connectivity index (χ0n) is 22.0. The minimum absolute atomic E-state index is 0.461. The highest BCUT2D eigenvalue weighted by Gasteiger charge is 2.32. The van der Waals surface area contributed by atoms with Gasteiger partial charge in [0, 0.05) is 56.2 Å². The first kappa shape index (κ1) is 25.2. The molecule has 7 heteroatoms. The van der Waals surface area contributed by atoms with Crippen LogP contribution in [0.5, 0.6) is 0 Å². The van der Waals surface area contributed by atoms with Crippen LogP contribution in [0.4, 0.5) is 0 Å². The number of allylic oxidation sites excluding steroid dienone is 1. The van der Waals surface area contributed by atoms with Gasteiger partial charge in [-0.3, -0.25) is 4.90 Å². The summed E-state index contributed by atoms with van der Waals surface area (Å²) >= 11 is 0. The summed E-state index contributed by atoms with van der Waals surface area (Å²) in [6, 6.07) is 8.34. The van der Waals surface area contributed by atoms with Gasteiger partial charge in [0.05, 0.1) is 19.6 Å². The molecule has 0 radical (unpaired) electrons. The van der Waals surface area contributed by atoms with Gasteiger partial charge >= 0.3 is 0 Å². The fourth-order valence-corrected chi connectivity index (χ4v) is 5.93. The second-order valence-corrected chi connectivity index (χ2v) is 10.9. The summed E-state index contributed by atoms with van der Waals surface area (Å²) in [5.41, 5.74) is 3.79. The van der Waals surface area contributed by atoms with Crippen molar-refractivity contribution in [2.45, 2.75) is 40.0 Å². The number of aromatic amines is 1. The number of nitrogens with one attached hydrogen (secondary N) is 2. The number of hydrogen-bond acceptors (Lipinski definition) is 6. The molecule has 1 aliphatic heterocycles. The minimum atomic E-state index is 0.461. The normalized spacial score (nSPS) is 23.4. The lowest BCUT2D eigenvalue weighted by molar-refractivity contribution is 0.0382. The van der Waals surface area contributed by atoms with Crippen LogP contribution in [0.2, 0.25) is 0 Å². The number of ether oxygens (including phenoxy) is 1. The van der Waals surface area contributed by atoms with Crippen molar-refractivity contribution in [1.82, 2.24) is 25.4 Å². The van der Waals surface area contributed by atoms with Gasteiger partial charge in [-0.15, -0.1) is 10.2 Å². The summed E-state index contributed by atoms with van der Waals surface area (Å²) in [7, 11) is 0. The molecule has 194 valence electrons. The summed E-state index contributed by atoms with van der Waals surface area (Å²) in [4.78, 5) is 5.82. The first-order valence-corrected chi connectivity index (χ1v) is 13.6. The molecular weight excluding hydrogens is 450 g/mol. The van der Waals surface area contributed by atoms with E-state index in [1.54, 1.807) is 0 Å². The van der Waals surface area contributed by atoms with Crippen LogP contribution in [0, 0.1) is 23.7 Å². The van der Waals surface area contributed by atoms with Crippen LogP contribution in [-0.4, -0.2) is 66.0 Å². The van der Waals surface area contributed by atoms with Gasteiger partial charge in [0.2, 0.25) is 11.8 Å². The van der Waals surface area contributed by atoms with Crippen LogP contribution >= 0.6 is 0 Å². The number of H-pyrrole nitrogens is 1. The van der Waals surface area contributed by atoms with Crippen LogP contribution in [0.3, 0.4) is 0 Å². The van der Waals surface area contributed by atoms with Crippen molar-refractivity contribution in [3.05, 3.63) is 59.5 Å². The minimum Gasteiger partial charge on any atom is -0.425 e. The Kier molecular flexibility index (Phi) is 8.19. The van der Waals surface area contributed by atoms with Gasteiger partial charge in [0.1, 0.15) is 0 Å². The molecule has 2 N–H and O–H groups in total. The monoisotopic (exact) mass is 491 g/mol. The molecular formula is C29H41N5O2. The number of fused-ring (bicyclic) bond motifs is 1. The van der Waals surface area contributed by atoms with E-state index in [1.807, 2.05) is 12.3 Å². The van der Waals surface area contributed by atoms with Gasteiger partial charge in [0.25, 0.3) is 0 Å². The van der Waals surface area contributed by atoms with E-state index in [-0.39, 0.29) is 0 Å². The maximum Gasteiger partial charge on any atom is 0.221 e. The molecule has 1 aromatic carbocycles. The molecule has 7 nitrogen and oxygen atoms in total. The van der Waals surface area contributed by atoms with Crippen molar-refractivity contribution >= 4 is 10.9 Å². The van der Waals surface area contributed by atoms with Crippen LogP contribution in [0.25, 0.3) is 10.9 Å². The van der Waals surface area contributed by atoms with E-state index < -0.39 is 0 Å². The smallest absolute Gasteiger partial charge is 0.221 e. The molecule has 0 spiro atoms. The maximum atomic E-state index is 6.13. The third kappa shape index (κ3) is 6.07. The first-order valence-electron chi connectivity index (χ1n) is 13.6. The molecule has 0 unspecified atom stereocenters. The number of benzene rings is 1. The topological polar surface area (TPSA) is 79.2 Å². The Balaban J connectivity index is 1.17. The van der Waals surface area contributed by atoms with E-state index in [1.165, 1.54) is 22.9 Å². The third-order valence-corrected chi connectivity index (χ3v) is 8.12. The van der Waals surface area contributed by atoms with E-state index >= 15 is 0 Å². The molecule has 3 atom stereocenters. The van der Waals surface area contributed by atoms with Crippen molar-refractivity contribution in [3.8, 4) is 0 Å². The Morgan fingerprint density at radius 2 is 1.94 bits per heavy atom. The summed E-state index contributed by atoms with van der Waals surface area (Å²) in [6.07, 6.45) is 7.22. The molecule has 1 fully saturated rings. The van der Waals surface area contributed by atoms with Crippen LogP contribution in [0.15, 0.2) is 46.5 Å². The largest absolute Gasteiger partial charge is 0.425 e. The molecule has 5 rings (SSSR count). The van der Waals surface area contributed by atoms with Gasteiger partial charge in [0.15, 0.2) is 0 Å². The predicted molar refractivity (Wildman–Crippen MR) is 143 cm³/mol. The number of para-hydroxylation sites is 1. The maximum absolute atomic E-state index is 6.13. The number of aromatic nitrogens is 3. The fraction of sp³-hybridized carbons (Fsp3) is 0.586. The van der Waals surface area contributed by atoms with E-state index in [2.05, 4.69) is 70.4 Å². The SMILES string of the molecule is CC1=C[C@@H](CNCCN2CCOCC2)[C@H](C(C)C)C[C@H]1Cc1nnc(Cc2c[nH]c3ccccc23)o1. The van der Waals surface area contributed by atoms with Crippen molar-refractivity contribution in [2.75, 3.05) is 45.9 Å². The number of hydrogen-bond donors (Lipinski definition) is 2. The van der Waals surface area contributed by atoms with E-state index in [0.717, 1.165) is 63.8 Å². The first-order chi connectivity index (χ1) is 17.6. The lowest BCUT2D eigenvalue weighted by Crippen LogP contribution is -2.42. The van der Waals surface area contributed by atoms with Crippen molar-refractivity contribution < 1.29 is 9.15 Å². The average Bonchev–Trinajstić information content (AvgIpc) is 3.51. The van der Waals surface area contributed by atoms with Crippen molar-refractivity contribution in [2.24, 2.45) is 23.7 Å². The van der Waals surface area contributed by atoms with Gasteiger partial charge in [-0.1, -0.05) is 43.7 Å². The molecule has 2 aromatic heterocycles. The highest BCUT2D eigenvalue weighted by atomic mass is 16.5. The van der Waals surface area contributed by atoms with Crippen molar-refractivity contribution in [1.29, 1.82) is 0 Å². The molecule has 1 aliphatic carbocycles. The zero-order chi connectivity index (χ0) is 24.9. The molecule has 0 saturated carbocycles. The molecule has 2 aliphatic rings. The number of nitrogens with zero attached hydrogens (tertiary/aromatic N) is 3. The fourth-order valence-electron chi connectivity index (χ4n) is 5.93. The lowest BCUT2D eigenvalue weighted by Gasteiger charge is -2.37. The average molecular weight is 492 g/mol. The summed E-state index contributed by atoms with van der Waals surface area (Å²) in [5, 5.41) is 13.7. The van der Waals surface area contributed by atoms with Gasteiger partial charge < -0.3 is 19.5 Å². The van der Waals surface area contributed by atoms with Gasteiger partial charge in [-0.05, 0) is 48.6 Å². The number of morpholine rings is 1. The second-order valence-electron chi connectivity index (χ2n) is 10.9. The molecule has 36 heavy (non-hydrogen) atoms. The van der Waals surface area contributed by atoms with Gasteiger partial charge in [-0.25, -0.2) is 0 Å². The highest BCUT2D eigenvalue weighted by molar-refractivity contribution is 5.83. The van der Waals surface area contributed by atoms with E-state index in [0.29, 0.717) is 36.0 Å². The van der Waals surface area contributed by atoms with Gasteiger partial charge in [-0.2, -0.15) is 0 Å². The molecule has 3 heterocycles. The zero-order valence-corrected chi connectivity index (χ0v) is 22.0. The quantitative estimate of drug-likeness (QED) is 0.322. The predicted octanol–water partition coefficient (Wildman–Crippen LogP) is 4.46. The Labute approximate surface area is 214 Å². The van der Waals surface area contributed by atoms with Crippen LogP contribution in [-0.2, 0) is 17.6 Å². The Hall–Kier alpha value is -2.48. The highest BCUT2D eigenvalue weighted by Crippen LogP contribution is 2.38. The second kappa shape index (κ2) is 11.7. The standard InChI is InChI=1S/C29H41N5O2/c1-20(2)26-15-22(21(3)14-23(26)18-30-8-9-34-10-12-35-13-11-34)16-28-32-33-29(36-28)17-24-19-31-27-7-5-4-6-25(24)27/h4-7,14,19-20,22-23,26,30-31H,8-13,15-18H2,1-3H3/t22-,23-,26-/m0/s1. The molecule has 0 bridgehead atoms. The van der Waals surface area contributed by atoms with Crippen LogP contribution < -0.4 is 5.32 Å². The van der Waals surface area contributed by atoms with E-state index in [4.69, 9.17) is 9.15 Å². The summed E-state index contributed by atoms with van der Waals surface area (Å²) in [5.74, 6) is 3.78. The number of rotatable bonds is 10. The van der Waals surface area contributed by atoms with Crippen LogP contribution in [0.1, 0.15) is 44.5 Å². The Morgan fingerprint density at radius 1 is 1.14 bits per heavy atom. The Morgan fingerprint density at radius 3 is 2.78 bits per heavy atom. The van der Waals surface area contributed by atoms with E-state index in [9.17, 15) is 0 Å². The molecule has 1 saturated heterocycles. The summed E-state index contributed by atoms with van der Waals surface area (Å²) < 4.78 is 11.6. The third-order valence-electron chi connectivity index (χ3n) is 8.12. The summed E-state index contributed by atoms with van der Waals surface area (Å²) in [6.45, 7) is 14.0. The lowest BCUT2D eigenvalue weighted by atomic mass is 9.70. The Bertz CT molecular complexity index is 1140. The van der Waals surface area contributed by atoms with Crippen molar-refractivity contribution in [3.63, 3.8) is 0 Å². The molecule has 0 amide bonds.